The molecule has 3 heterocycles. The van der Waals surface area contributed by atoms with Crippen LogP contribution in [0.15, 0.2) is 28.3 Å². The lowest BCUT2D eigenvalue weighted by Crippen LogP contribution is -2.12. The third-order valence-corrected chi connectivity index (χ3v) is 4.08. The van der Waals surface area contributed by atoms with E-state index in [9.17, 15) is 0 Å². The molecule has 3 aromatic rings. The Labute approximate surface area is 107 Å². The Bertz CT molecular complexity index is 641. The monoisotopic (exact) mass is 261 g/mol. The van der Waals surface area contributed by atoms with Crippen LogP contribution in [0.4, 0.5) is 5.95 Å². The molecule has 0 fully saturated rings. The van der Waals surface area contributed by atoms with Crippen molar-refractivity contribution in [2.75, 3.05) is 19.0 Å². The fourth-order valence-electron chi connectivity index (χ4n) is 1.65. The molecule has 0 aliphatic rings. The van der Waals surface area contributed by atoms with Crippen molar-refractivity contribution in [3.63, 3.8) is 0 Å². The summed E-state index contributed by atoms with van der Waals surface area (Å²) < 4.78 is 1.16. The van der Waals surface area contributed by atoms with E-state index in [0.29, 0.717) is 0 Å². The summed E-state index contributed by atoms with van der Waals surface area (Å²) in [5.74, 6) is 0.761. The Hall–Kier alpha value is -1.46. The van der Waals surface area contributed by atoms with E-state index in [0.717, 1.165) is 21.9 Å². The topological polar surface area (TPSA) is 29.0 Å². The van der Waals surface area contributed by atoms with Gasteiger partial charge in [-0.3, -0.25) is 0 Å². The molecule has 3 rings (SSSR count). The molecule has 5 heteroatoms. The Balaban J connectivity index is 2.31. The molecule has 86 valence electrons. The molecule has 0 amide bonds. The number of nitrogens with zero attached hydrogens (tertiary/aromatic N) is 3. The van der Waals surface area contributed by atoms with Gasteiger partial charge in [-0.15, -0.1) is 11.3 Å². The van der Waals surface area contributed by atoms with E-state index in [-0.39, 0.29) is 0 Å². The van der Waals surface area contributed by atoms with Crippen molar-refractivity contribution in [2.45, 2.75) is 0 Å². The maximum Gasteiger partial charge on any atom is 0.226 e. The molecule has 0 aliphatic heterocycles. The van der Waals surface area contributed by atoms with Gasteiger partial charge in [-0.05, 0) is 22.9 Å². The highest BCUT2D eigenvalue weighted by Gasteiger charge is 2.12. The zero-order chi connectivity index (χ0) is 11.8. The maximum atomic E-state index is 4.65. The summed E-state index contributed by atoms with van der Waals surface area (Å²) in [6, 6.07) is 4.15. The van der Waals surface area contributed by atoms with Crippen LogP contribution in [-0.4, -0.2) is 24.1 Å². The average molecular weight is 261 g/mol. The van der Waals surface area contributed by atoms with Crippen LogP contribution in [0, 0.1) is 0 Å². The third-order valence-electron chi connectivity index (χ3n) is 2.49. The van der Waals surface area contributed by atoms with Crippen LogP contribution in [-0.2, 0) is 0 Å². The van der Waals surface area contributed by atoms with E-state index in [1.807, 2.05) is 25.1 Å². The lowest BCUT2D eigenvalue weighted by atomic mass is 10.2. The molecule has 0 aliphatic carbocycles. The summed E-state index contributed by atoms with van der Waals surface area (Å²) in [5.41, 5.74) is 3.23. The first-order chi connectivity index (χ1) is 8.25. The summed E-state index contributed by atoms with van der Waals surface area (Å²) in [6.07, 6.45) is 0. The molecule has 0 radical (unpaired) electrons. The molecule has 0 saturated carbocycles. The first-order valence-corrected chi connectivity index (χ1v) is 7.03. The van der Waals surface area contributed by atoms with Gasteiger partial charge in [-0.1, -0.05) is 0 Å². The van der Waals surface area contributed by atoms with Crippen LogP contribution in [0.1, 0.15) is 0 Å². The maximum absolute atomic E-state index is 4.65. The molecule has 0 spiro atoms. The molecular formula is C12H11N3S2. The van der Waals surface area contributed by atoms with Crippen LogP contribution in [0.25, 0.3) is 21.5 Å². The lowest BCUT2D eigenvalue weighted by molar-refractivity contribution is 1.02. The zero-order valence-corrected chi connectivity index (χ0v) is 11.2. The molecule has 3 nitrogen and oxygen atoms in total. The van der Waals surface area contributed by atoms with Gasteiger partial charge in [0.05, 0.1) is 15.9 Å². The zero-order valence-electron chi connectivity index (χ0n) is 9.54. The van der Waals surface area contributed by atoms with Crippen LogP contribution < -0.4 is 4.90 Å². The van der Waals surface area contributed by atoms with Crippen molar-refractivity contribution in [2.24, 2.45) is 0 Å². The highest BCUT2D eigenvalue weighted by Crippen LogP contribution is 2.32. The SMILES string of the molecule is CN(C)c1nc(-c2ccsc2)c2sccc2n1. The Morgan fingerprint density at radius 3 is 2.71 bits per heavy atom. The number of anilines is 1. The van der Waals surface area contributed by atoms with Gasteiger partial charge in [0.15, 0.2) is 0 Å². The fraction of sp³-hybridized carbons (Fsp3) is 0.167. The number of hydrogen-bond donors (Lipinski definition) is 0. The van der Waals surface area contributed by atoms with Crippen LogP contribution in [0.2, 0.25) is 0 Å². The summed E-state index contributed by atoms with van der Waals surface area (Å²) in [5, 5.41) is 6.27. The highest BCUT2D eigenvalue weighted by atomic mass is 32.1. The van der Waals surface area contributed by atoms with Gasteiger partial charge >= 0.3 is 0 Å². The van der Waals surface area contributed by atoms with Gasteiger partial charge in [-0.25, -0.2) is 9.97 Å². The minimum atomic E-state index is 0.761. The van der Waals surface area contributed by atoms with Crippen molar-refractivity contribution in [1.82, 2.24) is 9.97 Å². The molecule has 0 bridgehead atoms. The summed E-state index contributed by atoms with van der Waals surface area (Å²) in [4.78, 5) is 11.1. The lowest BCUT2D eigenvalue weighted by Gasteiger charge is -2.11. The van der Waals surface area contributed by atoms with Crippen LogP contribution in [0.3, 0.4) is 0 Å². The minimum absolute atomic E-state index is 0.761. The van der Waals surface area contributed by atoms with Crippen molar-refractivity contribution < 1.29 is 0 Å². The van der Waals surface area contributed by atoms with E-state index >= 15 is 0 Å². The first-order valence-electron chi connectivity index (χ1n) is 5.21. The number of fused-ring (bicyclic) bond motifs is 1. The number of rotatable bonds is 2. The van der Waals surface area contributed by atoms with E-state index in [1.54, 1.807) is 22.7 Å². The number of thiophene rings is 2. The molecule has 0 atom stereocenters. The van der Waals surface area contributed by atoms with E-state index in [2.05, 4.69) is 32.2 Å². The summed E-state index contributed by atoms with van der Waals surface area (Å²) >= 11 is 3.38. The quantitative estimate of drug-likeness (QED) is 0.707. The van der Waals surface area contributed by atoms with Crippen molar-refractivity contribution in [3.05, 3.63) is 28.3 Å². The number of hydrogen-bond acceptors (Lipinski definition) is 5. The van der Waals surface area contributed by atoms with Gasteiger partial charge in [0.1, 0.15) is 0 Å². The van der Waals surface area contributed by atoms with Crippen molar-refractivity contribution in [3.8, 4) is 11.3 Å². The second-order valence-corrected chi connectivity index (χ2v) is 5.61. The molecule has 0 aromatic carbocycles. The van der Waals surface area contributed by atoms with Gasteiger partial charge in [0, 0.05) is 25.0 Å². The Morgan fingerprint density at radius 1 is 1.12 bits per heavy atom. The Kier molecular flexibility index (Phi) is 2.57. The summed E-state index contributed by atoms with van der Waals surface area (Å²) in [7, 11) is 3.93. The van der Waals surface area contributed by atoms with Gasteiger partial charge in [0.25, 0.3) is 0 Å². The normalized spacial score (nSPS) is 10.9. The molecule has 0 saturated heterocycles. The predicted molar refractivity (Wildman–Crippen MR) is 75.1 cm³/mol. The van der Waals surface area contributed by atoms with Gasteiger partial charge < -0.3 is 4.90 Å². The minimum Gasteiger partial charge on any atom is -0.347 e. The molecular weight excluding hydrogens is 250 g/mol. The Morgan fingerprint density at radius 2 is 2.00 bits per heavy atom. The first kappa shape index (κ1) is 10.7. The predicted octanol–water partition coefficient (Wildman–Crippen LogP) is 3.49. The van der Waals surface area contributed by atoms with Gasteiger partial charge in [0.2, 0.25) is 5.95 Å². The average Bonchev–Trinajstić information content (AvgIpc) is 2.98. The standard InChI is InChI=1S/C12H11N3S2/c1-15(2)12-13-9-4-6-17-11(9)10(14-12)8-3-5-16-7-8/h3-7H,1-2H3. The molecule has 17 heavy (non-hydrogen) atoms. The van der Waals surface area contributed by atoms with E-state index < -0.39 is 0 Å². The van der Waals surface area contributed by atoms with Crippen molar-refractivity contribution in [1.29, 1.82) is 0 Å². The van der Waals surface area contributed by atoms with E-state index in [1.165, 1.54) is 5.56 Å². The largest absolute Gasteiger partial charge is 0.347 e. The third kappa shape index (κ3) is 1.81. The molecule has 0 N–H and O–H groups in total. The molecule has 0 unspecified atom stereocenters. The second kappa shape index (κ2) is 4.09. The van der Waals surface area contributed by atoms with E-state index in [4.69, 9.17) is 0 Å². The summed E-state index contributed by atoms with van der Waals surface area (Å²) in [6.45, 7) is 0. The van der Waals surface area contributed by atoms with Crippen molar-refractivity contribution >= 4 is 38.8 Å². The highest BCUT2D eigenvalue weighted by molar-refractivity contribution is 7.17. The molecule has 3 aromatic heterocycles. The van der Waals surface area contributed by atoms with Crippen LogP contribution >= 0.6 is 22.7 Å². The number of aromatic nitrogens is 2. The smallest absolute Gasteiger partial charge is 0.226 e. The fourth-order valence-corrected chi connectivity index (χ4v) is 3.13. The van der Waals surface area contributed by atoms with Gasteiger partial charge in [-0.2, -0.15) is 11.3 Å². The second-order valence-electron chi connectivity index (χ2n) is 3.91. The van der Waals surface area contributed by atoms with Crippen LogP contribution in [0.5, 0.6) is 0 Å².